The lowest BCUT2D eigenvalue weighted by Gasteiger charge is -2.36. The molecule has 0 saturated carbocycles. The third kappa shape index (κ3) is 2.80. The molecule has 1 aliphatic rings. The van der Waals surface area contributed by atoms with Crippen molar-refractivity contribution in [2.24, 2.45) is 5.41 Å². The molecule has 1 saturated heterocycles. The van der Waals surface area contributed by atoms with Gasteiger partial charge in [-0.2, -0.15) is 15.0 Å². The summed E-state index contributed by atoms with van der Waals surface area (Å²) in [6, 6.07) is 0.356. The highest BCUT2D eigenvalue weighted by Gasteiger charge is 2.27. The lowest BCUT2D eigenvalue weighted by atomic mass is 9.83. The summed E-state index contributed by atoms with van der Waals surface area (Å²) in [6.45, 7) is 6.56. The molecule has 6 nitrogen and oxygen atoms in total. The lowest BCUT2D eigenvalue weighted by Crippen LogP contribution is -2.38. The van der Waals surface area contributed by atoms with E-state index in [0.717, 1.165) is 25.9 Å². The molecule has 18 heavy (non-hydrogen) atoms. The number of nitrogens with one attached hydrogen (secondary N) is 1. The molecule has 1 N–H and O–H groups in total. The van der Waals surface area contributed by atoms with E-state index in [-0.39, 0.29) is 0 Å². The van der Waals surface area contributed by atoms with E-state index in [9.17, 15) is 0 Å². The molecule has 2 rings (SSSR count). The standard InChI is InChI=1S/C12H21N5O/c1-12(2)5-7-17(8-6-12)10-14-9(13-3)15-11(16-10)18-4/h5-8H2,1-4H3,(H,13,14,15,16). The van der Waals surface area contributed by atoms with E-state index in [1.54, 1.807) is 14.2 Å². The van der Waals surface area contributed by atoms with E-state index in [0.29, 0.717) is 23.3 Å². The Labute approximate surface area is 108 Å². The molecule has 0 radical (unpaired) electrons. The average molecular weight is 251 g/mol. The highest BCUT2D eigenvalue weighted by molar-refractivity contribution is 5.38. The van der Waals surface area contributed by atoms with E-state index < -0.39 is 0 Å². The van der Waals surface area contributed by atoms with Crippen molar-refractivity contribution in [1.29, 1.82) is 0 Å². The van der Waals surface area contributed by atoms with Gasteiger partial charge in [0, 0.05) is 20.1 Å². The molecule has 0 spiro atoms. The Bertz CT molecular complexity index is 389. The zero-order chi connectivity index (χ0) is 13.2. The Morgan fingerprint density at radius 1 is 1.17 bits per heavy atom. The van der Waals surface area contributed by atoms with Crippen molar-refractivity contribution < 1.29 is 4.74 Å². The van der Waals surface area contributed by atoms with Crippen LogP contribution in [0, 0.1) is 5.41 Å². The highest BCUT2D eigenvalue weighted by Crippen LogP contribution is 2.31. The van der Waals surface area contributed by atoms with Crippen molar-refractivity contribution >= 4 is 11.9 Å². The smallest absolute Gasteiger partial charge is 0.322 e. The first-order valence-corrected chi connectivity index (χ1v) is 6.27. The Morgan fingerprint density at radius 2 is 1.83 bits per heavy atom. The van der Waals surface area contributed by atoms with Gasteiger partial charge >= 0.3 is 6.01 Å². The van der Waals surface area contributed by atoms with E-state index in [4.69, 9.17) is 4.74 Å². The van der Waals surface area contributed by atoms with Gasteiger partial charge in [0.25, 0.3) is 0 Å². The number of nitrogens with zero attached hydrogens (tertiary/aromatic N) is 4. The third-order valence-corrected chi connectivity index (χ3v) is 3.41. The largest absolute Gasteiger partial charge is 0.467 e. The van der Waals surface area contributed by atoms with Crippen LogP contribution in [-0.2, 0) is 0 Å². The van der Waals surface area contributed by atoms with Gasteiger partial charge < -0.3 is 15.0 Å². The van der Waals surface area contributed by atoms with Crippen molar-refractivity contribution in [3.8, 4) is 6.01 Å². The average Bonchev–Trinajstić information content (AvgIpc) is 2.38. The summed E-state index contributed by atoms with van der Waals surface area (Å²) in [6.07, 6.45) is 2.30. The molecule has 0 aliphatic carbocycles. The van der Waals surface area contributed by atoms with Crippen molar-refractivity contribution in [1.82, 2.24) is 15.0 Å². The summed E-state index contributed by atoms with van der Waals surface area (Å²) in [4.78, 5) is 15.0. The Morgan fingerprint density at radius 3 is 2.39 bits per heavy atom. The second-order valence-corrected chi connectivity index (χ2v) is 5.35. The predicted molar refractivity (Wildman–Crippen MR) is 71.2 cm³/mol. The number of methoxy groups -OCH3 is 1. The van der Waals surface area contributed by atoms with Crippen LogP contribution in [0.1, 0.15) is 26.7 Å². The van der Waals surface area contributed by atoms with Crippen LogP contribution in [0.3, 0.4) is 0 Å². The minimum absolute atomic E-state index is 0.356. The number of rotatable bonds is 3. The van der Waals surface area contributed by atoms with Gasteiger partial charge in [-0.25, -0.2) is 0 Å². The van der Waals surface area contributed by atoms with Crippen LogP contribution in [0.15, 0.2) is 0 Å². The number of piperidine rings is 1. The van der Waals surface area contributed by atoms with Crippen molar-refractivity contribution in [3.63, 3.8) is 0 Å². The molecule has 0 atom stereocenters. The number of hydrogen-bond acceptors (Lipinski definition) is 6. The maximum Gasteiger partial charge on any atom is 0.322 e. The van der Waals surface area contributed by atoms with E-state index in [2.05, 4.69) is 39.0 Å². The second kappa shape index (κ2) is 4.96. The maximum atomic E-state index is 5.10. The van der Waals surface area contributed by atoms with Gasteiger partial charge in [0.2, 0.25) is 11.9 Å². The molecule has 1 aromatic heterocycles. The van der Waals surface area contributed by atoms with Gasteiger partial charge in [0.05, 0.1) is 7.11 Å². The van der Waals surface area contributed by atoms with Gasteiger partial charge in [-0.15, -0.1) is 0 Å². The first-order valence-electron chi connectivity index (χ1n) is 6.27. The van der Waals surface area contributed by atoms with Crippen LogP contribution in [0.5, 0.6) is 6.01 Å². The summed E-state index contributed by atoms with van der Waals surface area (Å²) in [5.74, 6) is 1.24. The van der Waals surface area contributed by atoms with Gasteiger partial charge in [-0.3, -0.25) is 0 Å². The third-order valence-electron chi connectivity index (χ3n) is 3.41. The Kier molecular flexibility index (Phi) is 3.54. The molecule has 6 heteroatoms. The van der Waals surface area contributed by atoms with Gasteiger partial charge in [0.15, 0.2) is 0 Å². The molecule has 0 aromatic carbocycles. The van der Waals surface area contributed by atoms with Crippen LogP contribution >= 0.6 is 0 Å². The number of aromatic nitrogens is 3. The fraction of sp³-hybridized carbons (Fsp3) is 0.750. The molecule has 0 unspecified atom stereocenters. The molecular weight excluding hydrogens is 230 g/mol. The highest BCUT2D eigenvalue weighted by atomic mass is 16.5. The molecule has 1 fully saturated rings. The molecule has 2 heterocycles. The fourth-order valence-electron chi connectivity index (χ4n) is 2.00. The fourth-order valence-corrected chi connectivity index (χ4v) is 2.00. The van der Waals surface area contributed by atoms with Crippen LogP contribution in [0.2, 0.25) is 0 Å². The molecule has 1 aromatic rings. The van der Waals surface area contributed by atoms with E-state index >= 15 is 0 Å². The van der Waals surface area contributed by atoms with Gasteiger partial charge in [0.1, 0.15) is 0 Å². The lowest BCUT2D eigenvalue weighted by molar-refractivity contribution is 0.277. The topological polar surface area (TPSA) is 63.2 Å². The predicted octanol–water partition coefficient (Wildman–Crippen LogP) is 1.55. The second-order valence-electron chi connectivity index (χ2n) is 5.35. The minimum Gasteiger partial charge on any atom is -0.467 e. The van der Waals surface area contributed by atoms with Crippen molar-refractivity contribution in [3.05, 3.63) is 0 Å². The summed E-state index contributed by atoms with van der Waals surface area (Å²) >= 11 is 0. The van der Waals surface area contributed by atoms with E-state index in [1.165, 1.54) is 0 Å². The van der Waals surface area contributed by atoms with Crippen LogP contribution in [0.25, 0.3) is 0 Å². The summed E-state index contributed by atoms with van der Waals surface area (Å²) in [7, 11) is 3.36. The monoisotopic (exact) mass is 251 g/mol. The van der Waals surface area contributed by atoms with Crippen LogP contribution in [0.4, 0.5) is 11.9 Å². The van der Waals surface area contributed by atoms with Gasteiger partial charge in [-0.05, 0) is 18.3 Å². The maximum absolute atomic E-state index is 5.10. The van der Waals surface area contributed by atoms with Crippen LogP contribution in [-0.4, -0.2) is 42.2 Å². The van der Waals surface area contributed by atoms with Gasteiger partial charge in [-0.1, -0.05) is 13.8 Å². The first-order chi connectivity index (χ1) is 8.54. The Hall–Kier alpha value is -1.59. The summed E-state index contributed by atoms with van der Waals surface area (Å²) in [5, 5.41) is 2.93. The quantitative estimate of drug-likeness (QED) is 0.879. The summed E-state index contributed by atoms with van der Waals surface area (Å²) in [5.41, 5.74) is 0.416. The van der Waals surface area contributed by atoms with Crippen LogP contribution < -0.4 is 15.0 Å². The number of hydrogen-bond donors (Lipinski definition) is 1. The normalized spacial score (nSPS) is 18.6. The first kappa shape index (κ1) is 12.9. The zero-order valence-electron chi connectivity index (χ0n) is 11.5. The van der Waals surface area contributed by atoms with Crippen molar-refractivity contribution in [2.45, 2.75) is 26.7 Å². The minimum atomic E-state index is 0.356. The molecular formula is C12H21N5O. The molecule has 0 amide bonds. The van der Waals surface area contributed by atoms with Crippen molar-refractivity contribution in [2.75, 3.05) is 37.5 Å². The Balaban J connectivity index is 2.18. The zero-order valence-corrected chi connectivity index (χ0v) is 11.5. The number of ether oxygens (including phenoxy) is 1. The number of anilines is 2. The summed E-state index contributed by atoms with van der Waals surface area (Å²) < 4.78 is 5.10. The molecule has 0 bridgehead atoms. The van der Waals surface area contributed by atoms with E-state index in [1.807, 2.05) is 0 Å². The molecule has 1 aliphatic heterocycles. The molecule has 100 valence electrons. The SMILES string of the molecule is CNc1nc(OC)nc(N2CCC(C)(C)CC2)n1.